The first-order chi connectivity index (χ1) is 19.5. The molecule has 0 bridgehead atoms. The summed E-state index contributed by atoms with van der Waals surface area (Å²) < 4.78 is 33.0. The zero-order valence-electron chi connectivity index (χ0n) is 23.7. The van der Waals surface area contributed by atoms with Crippen molar-refractivity contribution in [3.05, 3.63) is 82.9 Å². The van der Waals surface area contributed by atoms with Crippen LogP contribution in [0.2, 0.25) is 0 Å². The van der Waals surface area contributed by atoms with Gasteiger partial charge in [0.2, 0.25) is 11.8 Å². The third-order valence-electron chi connectivity index (χ3n) is 8.15. The maximum atomic E-state index is 15.8. The van der Waals surface area contributed by atoms with Gasteiger partial charge in [0.05, 0.1) is 12.6 Å². The highest BCUT2D eigenvalue weighted by molar-refractivity contribution is 5.99. The van der Waals surface area contributed by atoms with Crippen molar-refractivity contribution in [3.63, 3.8) is 0 Å². The Kier molecular flexibility index (Phi) is 6.56. The molecule has 0 saturated carbocycles. The Morgan fingerprint density at radius 1 is 1.24 bits per heavy atom. The number of carbonyl (C=O) groups is 3. The van der Waals surface area contributed by atoms with Crippen molar-refractivity contribution in [1.82, 2.24) is 10.2 Å². The van der Waals surface area contributed by atoms with Gasteiger partial charge in [0, 0.05) is 37.1 Å². The summed E-state index contributed by atoms with van der Waals surface area (Å²) in [5.74, 6) is -1.40. The Balaban J connectivity index is 1.44. The second kappa shape index (κ2) is 9.87. The van der Waals surface area contributed by atoms with Gasteiger partial charge in [0.1, 0.15) is 17.5 Å². The molecule has 41 heavy (non-hydrogen) atoms. The zero-order chi connectivity index (χ0) is 29.1. The van der Waals surface area contributed by atoms with Crippen molar-refractivity contribution in [1.29, 1.82) is 0 Å². The van der Waals surface area contributed by atoms with Crippen LogP contribution in [0.25, 0.3) is 0 Å². The summed E-state index contributed by atoms with van der Waals surface area (Å²) in [6.07, 6.45) is 13.8. The lowest BCUT2D eigenvalue weighted by molar-refractivity contribution is -0.794. The van der Waals surface area contributed by atoms with Crippen molar-refractivity contribution in [2.24, 2.45) is 5.92 Å². The van der Waals surface area contributed by atoms with E-state index >= 15 is 4.39 Å². The molecule has 6 aliphatic rings. The number of nitrogens with zero attached hydrogens (tertiary/aromatic N) is 2. The molecular formula is C31H35FN3O6+. The third kappa shape index (κ3) is 4.45. The Bertz CT molecular complexity index is 1430. The number of nitrogens with one attached hydrogen (secondary N) is 1. The molecule has 0 spiro atoms. The van der Waals surface area contributed by atoms with E-state index in [-0.39, 0.29) is 36.6 Å². The lowest BCUT2D eigenvalue weighted by Crippen LogP contribution is -2.67. The van der Waals surface area contributed by atoms with Crippen molar-refractivity contribution < 1.29 is 37.5 Å². The molecule has 5 unspecified atom stereocenters. The number of ether oxygens (including phenoxy) is 3. The quantitative estimate of drug-likeness (QED) is 0.491. The smallest absolute Gasteiger partial charge is 0.474 e. The summed E-state index contributed by atoms with van der Waals surface area (Å²) in [7, 11) is 0. The Hall–Kier alpha value is -3.92. The number of amides is 2. The Morgan fingerprint density at radius 3 is 2.80 bits per heavy atom. The average Bonchev–Trinajstić information content (AvgIpc) is 3.34. The zero-order valence-corrected chi connectivity index (χ0v) is 23.7. The number of hydrogen-bond donors (Lipinski definition) is 1. The van der Waals surface area contributed by atoms with Gasteiger partial charge in [-0.05, 0) is 51.8 Å². The van der Waals surface area contributed by atoms with Crippen LogP contribution < -0.4 is 5.32 Å². The Labute approximate surface area is 238 Å². The van der Waals surface area contributed by atoms with Gasteiger partial charge in [0.15, 0.2) is 23.4 Å². The number of rotatable bonds is 3. The highest BCUT2D eigenvalue weighted by atomic mass is 19.1. The number of alkyl carbamates (subject to hydrolysis) is 1. The van der Waals surface area contributed by atoms with E-state index in [0.29, 0.717) is 25.1 Å². The summed E-state index contributed by atoms with van der Waals surface area (Å²) in [5, 5.41) is 2.86. The molecule has 2 saturated heterocycles. The van der Waals surface area contributed by atoms with E-state index < -0.39 is 46.0 Å². The van der Waals surface area contributed by atoms with Crippen LogP contribution in [0.15, 0.2) is 82.9 Å². The number of allylic oxidation sites excluding steroid dienone is 7. The number of hydrogen-bond acceptors (Lipinski definition) is 7. The molecule has 9 nitrogen and oxygen atoms in total. The van der Waals surface area contributed by atoms with Gasteiger partial charge in [0.25, 0.3) is 0 Å². The minimum atomic E-state index is -1.17. The number of quaternary nitrogens is 1. The van der Waals surface area contributed by atoms with E-state index in [4.69, 9.17) is 14.2 Å². The summed E-state index contributed by atoms with van der Waals surface area (Å²) >= 11 is 0. The molecule has 3 aliphatic carbocycles. The third-order valence-corrected chi connectivity index (χ3v) is 8.15. The normalized spacial score (nSPS) is 31.5. The predicted octanol–water partition coefficient (Wildman–Crippen LogP) is 4.83. The van der Waals surface area contributed by atoms with E-state index in [0.717, 1.165) is 17.2 Å². The van der Waals surface area contributed by atoms with Crippen molar-refractivity contribution >= 4 is 18.0 Å². The summed E-state index contributed by atoms with van der Waals surface area (Å²) in [6, 6.07) is -1.47. The number of morpholine rings is 1. The molecule has 10 heteroatoms. The minimum absolute atomic E-state index is 0.116. The number of halogens is 1. The van der Waals surface area contributed by atoms with Gasteiger partial charge >= 0.3 is 12.2 Å². The summed E-state index contributed by atoms with van der Waals surface area (Å²) in [4.78, 5) is 41.8. The van der Waals surface area contributed by atoms with Gasteiger partial charge in [-0.3, -0.25) is 4.79 Å². The fourth-order valence-corrected chi connectivity index (χ4v) is 6.66. The van der Waals surface area contributed by atoms with Crippen molar-refractivity contribution in [3.8, 4) is 0 Å². The molecule has 2 fully saturated rings. The number of likely N-dealkylation sites (tertiary alicyclic amines) is 1. The molecule has 1 N–H and O–H groups in total. The fourth-order valence-electron chi connectivity index (χ4n) is 6.66. The maximum Gasteiger partial charge on any atom is 0.526 e. The van der Waals surface area contributed by atoms with Crippen LogP contribution in [0.1, 0.15) is 40.5 Å². The van der Waals surface area contributed by atoms with E-state index in [2.05, 4.69) is 11.4 Å². The van der Waals surface area contributed by atoms with Crippen LogP contribution in [0, 0.1) is 5.92 Å². The molecule has 0 aromatic rings. The molecule has 2 amide bonds. The molecular weight excluding hydrogens is 529 g/mol. The molecule has 0 radical (unpaired) electrons. The molecule has 3 heterocycles. The van der Waals surface area contributed by atoms with Crippen molar-refractivity contribution in [2.75, 3.05) is 19.7 Å². The predicted molar refractivity (Wildman–Crippen MR) is 147 cm³/mol. The van der Waals surface area contributed by atoms with Gasteiger partial charge in [-0.15, -0.1) is 4.48 Å². The lowest BCUT2D eigenvalue weighted by atomic mass is 9.76. The van der Waals surface area contributed by atoms with Crippen LogP contribution in [-0.4, -0.2) is 70.8 Å². The molecule has 5 atom stereocenters. The standard InChI is InChI=1S/C31H34FN3O6/c1-5-39-30(38)35-14-8-10-19-15-18-9-6-7-11-21(18)27(25(19)35)40-28-24(22(32)16-23(36)26(28)35)34-13-12-20(17-34)33-29(37)41-31(2,3)4/h6-9,11,14-16,20-21,26-27H,5,10,12-13,17H2,1-4H3/p+1. The van der Waals surface area contributed by atoms with Gasteiger partial charge < -0.3 is 24.4 Å². The van der Waals surface area contributed by atoms with Crippen LogP contribution in [-0.2, 0) is 19.0 Å². The van der Waals surface area contributed by atoms with Crippen LogP contribution >= 0.6 is 0 Å². The number of carbonyl (C=O) groups excluding carboxylic acids is 3. The first kappa shape index (κ1) is 27.3. The monoisotopic (exact) mass is 564 g/mol. The van der Waals surface area contributed by atoms with Gasteiger partial charge in [-0.2, -0.15) is 4.79 Å². The van der Waals surface area contributed by atoms with E-state index in [1.807, 2.05) is 30.4 Å². The molecule has 0 aromatic carbocycles. The van der Waals surface area contributed by atoms with Crippen LogP contribution in [0.4, 0.5) is 14.0 Å². The van der Waals surface area contributed by atoms with Crippen LogP contribution in [0.3, 0.4) is 0 Å². The first-order valence-electron chi connectivity index (χ1n) is 14.1. The second-order valence-electron chi connectivity index (χ2n) is 12.0. The van der Waals surface area contributed by atoms with Gasteiger partial charge in [-0.25, -0.2) is 9.18 Å². The molecule has 6 rings (SSSR count). The summed E-state index contributed by atoms with van der Waals surface area (Å²) in [6.45, 7) is 7.90. The SMILES string of the molecule is CCOC(=O)[N+]12C=CCC3=C1C(OC1=C(N4CCC(NC(=O)OC(C)(C)C)C4)C(F)=CC(=O)C12)C1C=CC=CC1=C3. The number of ketones is 1. The van der Waals surface area contributed by atoms with Gasteiger partial charge in [-0.1, -0.05) is 24.3 Å². The van der Waals surface area contributed by atoms with E-state index in [1.165, 1.54) is 0 Å². The first-order valence-corrected chi connectivity index (χ1v) is 14.1. The number of fused-ring (bicyclic) bond motifs is 4. The Morgan fingerprint density at radius 2 is 2.05 bits per heavy atom. The fraction of sp³-hybridized carbons (Fsp3) is 0.452. The average molecular weight is 565 g/mol. The molecule has 0 aromatic heterocycles. The second-order valence-corrected chi connectivity index (χ2v) is 12.0. The topological polar surface area (TPSA) is 94.2 Å². The van der Waals surface area contributed by atoms with Crippen molar-refractivity contribution in [2.45, 2.75) is 64.3 Å². The highest BCUT2D eigenvalue weighted by Gasteiger charge is 2.65. The van der Waals surface area contributed by atoms with Crippen LogP contribution in [0.5, 0.6) is 0 Å². The minimum Gasteiger partial charge on any atom is -0.474 e. The largest absolute Gasteiger partial charge is 0.526 e. The molecule has 3 aliphatic heterocycles. The van der Waals surface area contributed by atoms with E-state index in [1.54, 1.807) is 38.8 Å². The maximum absolute atomic E-state index is 15.8. The lowest BCUT2D eigenvalue weighted by Gasteiger charge is -2.51. The highest BCUT2D eigenvalue weighted by Crippen LogP contribution is 2.52. The van der Waals surface area contributed by atoms with E-state index in [9.17, 15) is 14.4 Å². The summed E-state index contributed by atoms with van der Waals surface area (Å²) in [5.41, 5.74) is 2.05. The molecule has 216 valence electrons.